The Morgan fingerprint density at radius 3 is 2.44 bits per heavy atom. The van der Waals surface area contributed by atoms with Crippen LogP contribution in [0.4, 0.5) is 5.69 Å². The van der Waals surface area contributed by atoms with Crippen molar-refractivity contribution >= 4 is 45.7 Å². The molecule has 146 valence electrons. The lowest BCUT2D eigenvalue weighted by Gasteiger charge is -2.24. The summed E-state index contributed by atoms with van der Waals surface area (Å²) in [7, 11) is -3.59. The van der Waals surface area contributed by atoms with Crippen molar-refractivity contribution in [1.29, 1.82) is 0 Å². The fourth-order valence-corrected chi connectivity index (χ4v) is 4.91. The van der Waals surface area contributed by atoms with Crippen molar-refractivity contribution in [3.05, 3.63) is 58.6 Å². The summed E-state index contributed by atoms with van der Waals surface area (Å²) < 4.78 is 30.1. The molecule has 8 heteroatoms. The summed E-state index contributed by atoms with van der Waals surface area (Å²) in [6, 6.07) is 12.2. The van der Waals surface area contributed by atoms with E-state index in [0.29, 0.717) is 11.6 Å². The Balaban J connectivity index is 1.99. The zero-order chi connectivity index (χ0) is 20.0. The van der Waals surface area contributed by atoms with Crippen LogP contribution < -0.4 is 4.72 Å². The fraction of sp³-hybridized carbons (Fsp3) is 0.316. The molecule has 2 aromatic carbocycles. The zero-order valence-corrected chi connectivity index (χ0v) is 18.2. The molecule has 0 aliphatic heterocycles. The van der Waals surface area contributed by atoms with Crippen molar-refractivity contribution < 1.29 is 8.42 Å². The van der Waals surface area contributed by atoms with Gasteiger partial charge in [0.2, 0.25) is 0 Å². The minimum atomic E-state index is -3.59. The second kappa shape index (κ2) is 9.71. The molecule has 0 saturated heterocycles. The number of aliphatic imine (C=N–C) groups is 1. The summed E-state index contributed by atoms with van der Waals surface area (Å²) >= 11 is 7.14. The van der Waals surface area contributed by atoms with E-state index in [0.717, 1.165) is 28.9 Å². The highest BCUT2D eigenvalue weighted by molar-refractivity contribution is 8.07. The minimum absolute atomic E-state index is 0.207. The van der Waals surface area contributed by atoms with Gasteiger partial charge >= 0.3 is 0 Å². The molecule has 0 heterocycles. The van der Waals surface area contributed by atoms with Gasteiger partial charge in [0.1, 0.15) is 0 Å². The lowest BCUT2D eigenvalue weighted by Crippen LogP contribution is -2.34. The third-order valence-corrected chi connectivity index (χ3v) is 7.58. The first-order valence-electron chi connectivity index (χ1n) is 8.51. The number of rotatable bonds is 8. The number of sulfonamides is 1. The molecule has 27 heavy (non-hydrogen) atoms. The summed E-state index contributed by atoms with van der Waals surface area (Å²) in [6.45, 7) is 7.94. The van der Waals surface area contributed by atoms with Gasteiger partial charge in [-0.3, -0.25) is 4.99 Å². The van der Waals surface area contributed by atoms with E-state index in [1.165, 1.54) is 3.71 Å². The topological polar surface area (TPSA) is 61.8 Å². The van der Waals surface area contributed by atoms with Gasteiger partial charge in [0, 0.05) is 36.0 Å². The molecule has 0 spiro atoms. The number of benzene rings is 2. The predicted molar refractivity (Wildman–Crippen MR) is 115 cm³/mol. The second-order valence-corrected chi connectivity index (χ2v) is 9.67. The summed E-state index contributed by atoms with van der Waals surface area (Å²) in [4.78, 5) is 4.60. The van der Waals surface area contributed by atoms with Crippen molar-refractivity contribution in [1.82, 2.24) is 8.43 Å². The van der Waals surface area contributed by atoms with Crippen molar-refractivity contribution in [3.63, 3.8) is 0 Å². The average Bonchev–Trinajstić information content (AvgIpc) is 2.60. The molecule has 0 atom stereocenters. The molecule has 0 unspecified atom stereocenters. The number of hydrogen-bond donors (Lipinski definition) is 1. The van der Waals surface area contributed by atoms with Crippen molar-refractivity contribution in [2.75, 3.05) is 6.54 Å². The largest absolute Gasteiger partial charge is 0.260 e. The van der Waals surface area contributed by atoms with Crippen LogP contribution in [0.5, 0.6) is 0 Å². The van der Waals surface area contributed by atoms with Gasteiger partial charge in [-0.05, 0) is 57.5 Å². The first-order chi connectivity index (χ1) is 12.7. The number of halogens is 1. The molecule has 0 fully saturated rings. The predicted octanol–water partition coefficient (Wildman–Crippen LogP) is 4.91. The Bertz CT molecular complexity index is 898. The summed E-state index contributed by atoms with van der Waals surface area (Å²) in [6.07, 6.45) is 1.69. The summed E-state index contributed by atoms with van der Waals surface area (Å²) in [5.74, 6) is 0. The Labute approximate surface area is 171 Å². The van der Waals surface area contributed by atoms with Crippen molar-refractivity contribution in [3.8, 4) is 0 Å². The van der Waals surface area contributed by atoms with Gasteiger partial charge in [-0.1, -0.05) is 35.4 Å². The van der Waals surface area contributed by atoms with E-state index >= 15 is 0 Å². The number of nitrogens with one attached hydrogen (secondary N) is 1. The van der Waals surface area contributed by atoms with E-state index in [4.69, 9.17) is 11.6 Å². The Kier molecular flexibility index (Phi) is 7.88. The summed E-state index contributed by atoms with van der Waals surface area (Å²) in [5, 5.41) is 0.669. The van der Waals surface area contributed by atoms with Crippen LogP contribution in [0.1, 0.15) is 25.0 Å². The molecule has 0 saturated carbocycles. The maximum atomic E-state index is 12.9. The van der Waals surface area contributed by atoms with Gasteiger partial charge in [-0.2, -0.15) is 0 Å². The second-order valence-electron chi connectivity index (χ2n) is 6.35. The SMILES string of the molecule is Cc1ccc(S(=O)(=O)N(SNCC=Nc2ccc(C)c(Cl)c2)C(C)C)cc1. The number of nitrogens with zero attached hydrogens (tertiary/aromatic N) is 2. The van der Waals surface area contributed by atoms with Crippen molar-refractivity contribution in [2.24, 2.45) is 4.99 Å². The molecular weight excluding hydrogens is 402 g/mol. The van der Waals surface area contributed by atoms with Crippen LogP contribution in [-0.2, 0) is 10.0 Å². The molecule has 0 amide bonds. The molecule has 0 aliphatic rings. The van der Waals surface area contributed by atoms with E-state index in [2.05, 4.69) is 9.71 Å². The Morgan fingerprint density at radius 2 is 1.85 bits per heavy atom. The van der Waals surface area contributed by atoms with Gasteiger partial charge in [-0.15, -0.1) is 3.71 Å². The van der Waals surface area contributed by atoms with E-state index in [1.54, 1.807) is 36.5 Å². The highest BCUT2D eigenvalue weighted by Crippen LogP contribution is 2.25. The minimum Gasteiger partial charge on any atom is -0.260 e. The number of aryl methyl sites for hydroxylation is 2. The normalized spacial score (nSPS) is 12.4. The smallest absolute Gasteiger partial charge is 0.253 e. The molecule has 0 aromatic heterocycles. The van der Waals surface area contributed by atoms with Crippen molar-refractivity contribution in [2.45, 2.75) is 38.6 Å². The highest BCUT2D eigenvalue weighted by Gasteiger charge is 2.27. The molecule has 2 aromatic rings. The zero-order valence-electron chi connectivity index (χ0n) is 15.8. The van der Waals surface area contributed by atoms with Crippen LogP contribution in [0.25, 0.3) is 0 Å². The van der Waals surface area contributed by atoms with Crippen LogP contribution in [0.15, 0.2) is 52.4 Å². The monoisotopic (exact) mass is 425 g/mol. The quantitative estimate of drug-likeness (QED) is 0.370. The highest BCUT2D eigenvalue weighted by atomic mass is 35.5. The Hall–Kier alpha value is -1.38. The van der Waals surface area contributed by atoms with Gasteiger partial charge in [0.25, 0.3) is 10.0 Å². The molecule has 1 N–H and O–H groups in total. The first-order valence-corrected chi connectivity index (χ1v) is 11.1. The van der Waals surface area contributed by atoms with Crippen LogP contribution in [0.2, 0.25) is 5.02 Å². The molecule has 0 bridgehead atoms. The van der Waals surface area contributed by atoms with Crippen LogP contribution >= 0.6 is 23.7 Å². The fourth-order valence-electron chi connectivity index (χ4n) is 2.20. The van der Waals surface area contributed by atoms with E-state index in [9.17, 15) is 8.42 Å². The summed E-state index contributed by atoms with van der Waals surface area (Å²) in [5.41, 5.74) is 2.77. The van der Waals surface area contributed by atoms with Crippen LogP contribution in [0, 0.1) is 13.8 Å². The van der Waals surface area contributed by atoms with Gasteiger partial charge in [0.05, 0.1) is 10.6 Å². The third kappa shape index (κ3) is 6.05. The molecule has 0 aliphatic carbocycles. The maximum Gasteiger partial charge on any atom is 0.253 e. The van der Waals surface area contributed by atoms with Crippen LogP contribution in [-0.4, -0.2) is 30.9 Å². The third-order valence-electron chi connectivity index (χ3n) is 3.70. The molecular formula is C19H24ClN3O2S2. The first kappa shape index (κ1) is 21.9. The van der Waals surface area contributed by atoms with Gasteiger partial charge < -0.3 is 0 Å². The maximum absolute atomic E-state index is 12.9. The van der Waals surface area contributed by atoms with E-state index in [1.807, 2.05) is 39.8 Å². The standard InChI is InChI=1S/C19H24ClN3O2S2/c1-14(2)23(27(24,25)18-9-5-15(3)6-10-18)26-22-12-11-21-17-8-7-16(4)19(20)13-17/h5-11,13-14,22H,12H2,1-4H3. The molecule has 2 rings (SSSR count). The lowest BCUT2D eigenvalue weighted by molar-refractivity contribution is 0.500. The molecule has 0 radical (unpaired) electrons. The lowest BCUT2D eigenvalue weighted by atomic mass is 10.2. The Morgan fingerprint density at radius 1 is 1.19 bits per heavy atom. The van der Waals surface area contributed by atoms with E-state index < -0.39 is 10.0 Å². The average molecular weight is 426 g/mol. The van der Waals surface area contributed by atoms with Gasteiger partial charge in [0.15, 0.2) is 0 Å². The van der Waals surface area contributed by atoms with E-state index in [-0.39, 0.29) is 10.9 Å². The molecule has 5 nitrogen and oxygen atoms in total. The van der Waals surface area contributed by atoms with Crippen LogP contribution in [0.3, 0.4) is 0 Å². The van der Waals surface area contributed by atoms with Gasteiger partial charge in [-0.25, -0.2) is 13.1 Å². The number of hydrogen-bond acceptors (Lipinski definition) is 5.